The van der Waals surface area contributed by atoms with Gasteiger partial charge in [-0.25, -0.2) is 0 Å². The molecule has 0 aromatic carbocycles. The van der Waals surface area contributed by atoms with Crippen LogP contribution in [0.25, 0.3) is 0 Å². The molecule has 116 valence electrons. The van der Waals surface area contributed by atoms with Crippen molar-refractivity contribution in [1.82, 2.24) is 24.6 Å². The van der Waals surface area contributed by atoms with E-state index in [2.05, 4.69) is 15.2 Å². The smallest absolute Gasteiger partial charge is 0.255 e. The second-order valence-electron chi connectivity index (χ2n) is 5.72. The van der Waals surface area contributed by atoms with Crippen LogP contribution < -0.4 is 0 Å². The lowest BCUT2D eigenvalue weighted by Gasteiger charge is -2.32. The number of aryl methyl sites for hydroxylation is 1. The lowest BCUT2D eigenvalue weighted by Crippen LogP contribution is -2.39. The van der Waals surface area contributed by atoms with E-state index >= 15 is 0 Å². The highest BCUT2D eigenvalue weighted by Crippen LogP contribution is 2.26. The van der Waals surface area contributed by atoms with Gasteiger partial charge in [0.15, 0.2) is 4.77 Å². The fourth-order valence-corrected chi connectivity index (χ4v) is 3.01. The minimum Gasteiger partial charge on any atom is -0.338 e. The highest BCUT2D eigenvalue weighted by Gasteiger charge is 2.28. The summed E-state index contributed by atoms with van der Waals surface area (Å²) in [6.45, 7) is 3.35. The third-order valence-electron chi connectivity index (χ3n) is 4.15. The summed E-state index contributed by atoms with van der Waals surface area (Å²) in [7, 11) is 1.91. The van der Waals surface area contributed by atoms with Gasteiger partial charge >= 0.3 is 0 Å². The first-order valence-electron chi connectivity index (χ1n) is 7.39. The first-order valence-corrected chi connectivity index (χ1v) is 7.80. The van der Waals surface area contributed by atoms with Crippen molar-refractivity contribution < 1.29 is 4.79 Å². The zero-order valence-corrected chi connectivity index (χ0v) is 13.6. The van der Waals surface area contributed by atoms with E-state index in [-0.39, 0.29) is 11.8 Å². The summed E-state index contributed by atoms with van der Waals surface area (Å²) in [6.07, 6.45) is 3.63. The molecule has 22 heavy (non-hydrogen) atoms. The number of piperidine rings is 1. The zero-order valence-electron chi connectivity index (χ0n) is 12.7. The summed E-state index contributed by atoms with van der Waals surface area (Å²) < 4.78 is 2.50. The van der Waals surface area contributed by atoms with Gasteiger partial charge in [0.1, 0.15) is 5.82 Å². The molecule has 0 bridgehead atoms. The number of nitrogens with zero attached hydrogens (tertiary/aromatic N) is 4. The van der Waals surface area contributed by atoms with Crippen molar-refractivity contribution in [2.75, 3.05) is 13.1 Å². The number of likely N-dealkylation sites (tertiary alicyclic amines) is 1. The van der Waals surface area contributed by atoms with Gasteiger partial charge < -0.3 is 9.47 Å². The maximum absolute atomic E-state index is 12.6. The number of aromatic amines is 1. The van der Waals surface area contributed by atoms with Crippen LogP contribution in [0.5, 0.6) is 0 Å². The van der Waals surface area contributed by atoms with Crippen LogP contribution in [0, 0.1) is 11.7 Å². The van der Waals surface area contributed by atoms with Crippen LogP contribution in [-0.2, 0) is 7.05 Å². The molecule has 1 atom stereocenters. The van der Waals surface area contributed by atoms with Crippen molar-refractivity contribution in [3.8, 4) is 0 Å². The number of pyridine rings is 1. The molecule has 3 heterocycles. The van der Waals surface area contributed by atoms with Gasteiger partial charge in [-0.15, -0.1) is 0 Å². The van der Waals surface area contributed by atoms with Crippen LogP contribution in [0.3, 0.4) is 0 Å². The van der Waals surface area contributed by atoms with Crippen LogP contribution in [0.2, 0.25) is 0 Å². The van der Waals surface area contributed by atoms with Gasteiger partial charge in [-0.05, 0) is 44.1 Å². The molecule has 1 aliphatic heterocycles. The Morgan fingerprint density at radius 2 is 2.27 bits per heavy atom. The average molecular weight is 317 g/mol. The van der Waals surface area contributed by atoms with Gasteiger partial charge in [-0.2, -0.15) is 5.10 Å². The van der Waals surface area contributed by atoms with E-state index in [9.17, 15) is 4.79 Å². The molecular formula is C15H19N5OS. The Morgan fingerprint density at radius 3 is 2.91 bits per heavy atom. The summed E-state index contributed by atoms with van der Waals surface area (Å²) in [5.74, 6) is 1.17. The van der Waals surface area contributed by atoms with E-state index in [1.54, 1.807) is 6.20 Å². The molecule has 7 heteroatoms. The lowest BCUT2D eigenvalue weighted by atomic mass is 9.96. The van der Waals surface area contributed by atoms with Crippen LogP contribution in [0.15, 0.2) is 18.3 Å². The zero-order chi connectivity index (χ0) is 15.7. The molecule has 6 nitrogen and oxygen atoms in total. The SMILES string of the molecule is Cc1ccc(C(=O)N2CCC[C@H](c3n[nH]c(=S)n3C)C2)cn1. The van der Waals surface area contributed by atoms with E-state index in [1.807, 2.05) is 35.6 Å². The number of carbonyl (C=O) groups excluding carboxylic acids is 1. The number of rotatable bonds is 2. The number of amides is 1. The highest BCUT2D eigenvalue weighted by molar-refractivity contribution is 7.71. The topological polar surface area (TPSA) is 66.8 Å². The third kappa shape index (κ3) is 2.81. The predicted octanol–water partition coefficient (Wildman–Crippen LogP) is 2.20. The van der Waals surface area contributed by atoms with Crippen molar-refractivity contribution >= 4 is 18.1 Å². The van der Waals surface area contributed by atoms with E-state index in [1.165, 1.54) is 0 Å². The summed E-state index contributed by atoms with van der Waals surface area (Å²) in [4.78, 5) is 18.7. The van der Waals surface area contributed by atoms with Gasteiger partial charge in [0, 0.05) is 37.9 Å². The van der Waals surface area contributed by atoms with Crippen molar-refractivity contribution in [2.45, 2.75) is 25.7 Å². The number of carbonyl (C=O) groups is 1. The maximum Gasteiger partial charge on any atom is 0.255 e. The molecule has 1 saturated heterocycles. The molecule has 0 unspecified atom stereocenters. The number of hydrogen-bond acceptors (Lipinski definition) is 4. The maximum atomic E-state index is 12.6. The van der Waals surface area contributed by atoms with Crippen LogP contribution >= 0.6 is 12.2 Å². The summed E-state index contributed by atoms with van der Waals surface area (Å²) >= 11 is 5.17. The van der Waals surface area contributed by atoms with Gasteiger partial charge in [0.05, 0.1) is 5.56 Å². The Balaban J connectivity index is 1.78. The standard InChI is InChI=1S/C15H19N5OS/c1-10-5-6-11(8-16-10)14(21)20-7-3-4-12(9-20)13-17-18-15(22)19(13)2/h5-6,8,12H,3-4,7,9H2,1-2H3,(H,18,22)/t12-/m0/s1. The number of H-pyrrole nitrogens is 1. The summed E-state index contributed by atoms with van der Waals surface area (Å²) in [6, 6.07) is 3.70. The first-order chi connectivity index (χ1) is 10.6. The molecule has 0 aliphatic carbocycles. The Kier molecular flexibility index (Phi) is 4.06. The van der Waals surface area contributed by atoms with Gasteiger partial charge in [-0.3, -0.25) is 14.9 Å². The fourth-order valence-electron chi connectivity index (χ4n) is 2.87. The molecule has 1 fully saturated rings. The second-order valence-corrected chi connectivity index (χ2v) is 6.11. The van der Waals surface area contributed by atoms with Gasteiger partial charge in [0.25, 0.3) is 5.91 Å². The summed E-state index contributed by atoms with van der Waals surface area (Å²) in [5, 5.41) is 7.13. The van der Waals surface area contributed by atoms with Crippen LogP contribution in [0.4, 0.5) is 0 Å². The van der Waals surface area contributed by atoms with Crippen molar-refractivity contribution in [3.63, 3.8) is 0 Å². The Bertz CT molecular complexity index is 733. The Hall–Kier alpha value is -2.02. The lowest BCUT2D eigenvalue weighted by molar-refractivity contribution is 0.0703. The number of hydrogen-bond donors (Lipinski definition) is 1. The number of aromatic nitrogens is 4. The number of nitrogens with one attached hydrogen (secondary N) is 1. The normalized spacial score (nSPS) is 18.5. The Morgan fingerprint density at radius 1 is 1.45 bits per heavy atom. The van der Waals surface area contributed by atoms with E-state index < -0.39 is 0 Å². The predicted molar refractivity (Wildman–Crippen MR) is 85.2 cm³/mol. The van der Waals surface area contributed by atoms with Crippen LogP contribution in [-0.4, -0.2) is 43.6 Å². The molecule has 1 aliphatic rings. The molecular weight excluding hydrogens is 298 g/mol. The molecule has 0 radical (unpaired) electrons. The Labute approximate surface area is 134 Å². The summed E-state index contributed by atoms with van der Waals surface area (Å²) in [5.41, 5.74) is 1.55. The van der Waals surface area contributed by atoms with Gasteiger partial charge in [0.2, 0.25) is 0 Å². The minimum atomic E-state index is 0.0361. The molecule has 1 amide bonds. The van der Waals surface area contributed by atoms with E-state index in [4.69, 9.17) is 12.2 Å². The molecule has 3 rings (SSSR count). The monoisotopic (exact) mass is 317 g/mol. The fraction of sp³-hybridized carbons (Fsp3) is 0.467. The third-order valence-corrected chi connectivity index (χ3v) is 4.51. The molecule has 0 saturated carbocycles. The van der Waals surface area contributed by atoms with Crippen molar-refractivity contribution in [1.29, 1.82) is 0 Å². The molecule has 0 spiro atoms. The minimum absolute atomic E-state index is 0.0361. The van der Waals surface area contributed by atoms with Gasteiger partial charge in [-0.1, -0.05) is 0 Å². The van der Waals surface area contributed by atoms with Crippen molar-refractivity contribution in [2.24, 2.45) is 7.05 Å². The molecule has 1 N–H and O–H groups in total. The molecule has 2 aromatic rings. The second kappa shape index (κ2) is 6.00. The van der Waals surface area contributed by atoms with Crippen molar-refractivity contribution in [3.05, 3.63) is 40.2 Å². The molecule has 2 aromatic heterocycles. The highest BCUT2D eigenvalue weighted by atomic mass is 32.1. The van der Waals surface area contributed by atoms with E-state index in [0.717, 1.165) is 30.9 Å². The largest absolute Gasteiger partial charge is 0.338 e. The van der Waals surface area contributed by atoms with Crippen LogP contribution in [0.1, 0.15) is 40.6 Å². The quantitative estimate of drug-likeness (QED) is 0.862. The average Bonchev–Trinajstić information content (AvgIpc) is 2.87. The first kappa shape index (κ1) is 14.9. The van der Waals surface area contributed by atoms with E-state index in [0.29, 0.717) is 16.9 Å².